The highest BCUT2D eigenvalue weighted by Gasteiger charge is 2.23. The van der Waals surface area contributed by atoms with Crippen molar-refractivity contribution in [1.82, 2.24) is 14.8 Å². The van der Waals surface area contributed by atoms with Crippen LogP contribution in [-0.2, 0) is 13.6 Å². The van der Waals surface area contributed by atoms with Crippen molar-refractivity contribution in [2.75, 3.05) is 20.1 Å². The molecule has 2 heterocycles. The molecule has 1 N–H and O–H groups in total. The molecule has 0 aromatic carbocycles. The molecule has 4 nitrogen and oxygen atoms in total. The summed E-state index contributed by atoms with van der Waals surface area (Å²) in [5.41, 5.74) is 1.28. The number of aromatic nitrogens is 1. The zero-order valence-electron chi connectivity index (χ0n) is 13.0. The Kier molecular flexibility index (Phi) is 6.85. The minimum Gasteiger partial charge on any atom is -0.353 e. The van der Waals surface area contributed by atoms with Crippen LogP contribution in [0.1, 0.15) is 26.0 Å². The van der Waals surface area contributed by atoms with Crippen LogP contribution in [0.25, 0.3) is 0 Å². The molecule has 1 aliphatic heterocycles. The number of hydrogen-bond acceptors (Lipinski definition) is 1. The largest absolute Gasteiger partial charge is 0.353 e. The van der Waals surface area contributed by atoms with Crippen LogP contribution in [0.15, 0.2) is 23.3 Å². The zero-order chi connectivity index (χ0) is 13.8. The summed E-state index contributed by atoms with van der Waals surface area (Å²) in [6.07, 6.45) is 3.40. The van der Waals surface area contributed by atoms with Crippen LogP contribution in [0, 0.1) is 11.8 Å². The molecule has 1 fully saturated rings. The summed E-state index contributed by atoms with van der Waals surface area (Å²) < 4.78 is 2.14. The predicted octanol–water partition coefficient (Wildman–Crippen LogP) is 2.70. The maximum absolute atomic E-state index is 4.43. The van der Waals surface area contributed by atoms with E-state index in [0.29, 0.717) is 0 Å². The van der Waals surface area contributed by atoms with Gasteiger partial charge in [-0.1, -0.05) is 13.8 Å². The third kappa shape index (κ3) is 4.40. The number of rotatable bonds is 2. The molecule has 0 bridgehead atoms. The van der Waals surface area contributed by atoms with Gasteiger partial charge >= 0.3 is 0 Å². The lowest BCUT2D eigenvalue weighted by Gasteiger charge is -2.37. The molecular formula is C15H27IN4. The van der Waals surface area contributed by atoms with Gasteiger partial charge in [-0.2, -0.15) is 0 Å². The highest BCUT2D eigenvalue weighted by molar-refractivity contribution is 14.0. The molecule has 1 aromatic rings. The summed E-state index contributed by atoms with van der Waals surface area (Å²) in [5, 5.41) is 3.48. The molecule has 0 saturated carbocycles. The normalized spacial score (nSPS) is 23.4. The smallest absolute Gasteiger partial charge is 0.193 e. The molecule has 1 aromatic heterocycles. The van der Waals surface area contributed by atoms with E-state index in [1.807, 2.05) is 7.05 Å². The Labute approximate surface area is 139 Å². The summed E-state index contributed by atoms with van der Waals surface area (Å²) in [7, 11) is 3.95. The predicted molar refractivity (Wildman–Crippen MR) is 95.5 cm³/mol. The summed E-state index contributed by atoms with van der Waals surface area (Å²) >= 11 is 0. The van der Waals surface area contributed by atoms with Gasteiger partial charge in [-0.05, 0) is 30.4 Å². The first-order chi connectivity index (χ1) is 9.10. The summed E-state index contributed by atoms with van der Waals surface area (Å²) in [6.45, 7) is 7.70. The molecule has 114 valence electrons. The highest BCUT2D eigenvalue weighted by atomic mass is 127. The van der Waals surface area contributed by atoms with Crippen molar-refractivity contribution in [3.05, 3.63) is 24.0 Å². The van der Waals surface area contributed by atoms with Crippen molar-refractivity contribution in [2.45, 2.75) is 26.8 Å². The van der Waals surface area contributed by atoms with E-state index in [1.165, 1.54) is 12.1 Å². The average Bonchev–Trinajstić information content (AvgIpc) is 2.75. The van der Waals surface area contributed by atoms with Crippen LogP contribution in [0.3, 0.4) is 0 Å². The lowest BCUT2D eigenvalue weighted by Crippen LogP contribution is -2.48. The van der Waals surface area contributed by atoms with E-state index in [-0.39, 0.29) is 24.0 Å². The highest BCUT2D eigenvalue weighted by Crippen LogP contribution is 2.20. The minimum absolute atomic E-state index is 0. The fourth-order valence-corrected chi connectivity index (χ4v) is 3.02. The molecule has 1 saturated heterocycles. The van der Waals surface area contributed by atoms with Gasteiger partial charge < -0.3 is 14.8 Å². The van der Waals surface area contributed by atoms with Gasteiger partial charge in [0.2, 0.25) is 0 Å². The van der Waals surface area contributed by atoms with Gasteiger partial charge in [-0.3, -0.25) is 4.99 Å². The standard InChI is InChI=1S/C15H26N4.HI/c1-12-8-13(2)11-19(10-12)15(16-3)17-9-14-6-5-7-18(14)4;/h5-7,12-13H,8-11H2,1-4H3,(H,16,17);1H. The molecule has 1 aliphatic rings. The Morgan fingerprint density at radius 1 is 1.35 bits per heavy atom. The van der Waals surface area contributed by atoms with E-state index in [2.05, 4.69) is 59.0 Å². The van der Waals surface area contributed by atoms with Crippen molar-refractivity contribution in [2.24, 2.45) is 23.9 Å². The van der Waals surface area contributed by atoms with E-state index in [9.17, 15) is 0 Å². The monoisotopic (exact) mass is 390 g/mol. The average molecular weight is 390 g/mol. The molecule has 2 atom stereocenters. The Morgan fingerprint density at radius 3 is 2.50 bits per heavy atom. The van der Waals surface area contributed by atoms with E-state index < -0.39 is 0 Å². The Balaban J connectivity index is 0.00000200. The van der Waals surface area contributed by atoms with Gasteiger partial charge in [0.05, 0.1) is 6.54 Å². The number of nitrogens with one attached hydrogen (secondary N) is 1. The number of hydrogen-bond donors (Lipinski definition) is 1. The summed E-state index contributed by atoms with van der Waals surface area (Å²) in [4.78, 5) is 6.82. The molecule has 0 amide bonds. The number of piperidine rings is 1. The lowest BCUT2D eigenvalue weighted by molar-refractivity contribution is 0.208. The van der Waals surface area contributed by atoms with Gasteiger partial charge in [0.15, 0.2) is 5.96 Å². The van der Waals surface area contributed by atoms with Crippen LogP contribution < -0.4 is 5.32 Å². The maximum atomic E-state index is 4.43. The van der Waals surface area contributed by atoms with E-state index in [0.717, 1.165) is 37.4 Å². The number of aryl methyl sites for hydroxylation is 1. The number of likely N-dealkylation sites (tertiary alicyclic amines) is 1. The summed E-state index contributed by atoms with van der Waals surface area (Å²) in [6, 6.07) is 4.21. The van der Waals surface area contributed by atoms with Gasteiger partial charge in [-0.15, -0.1) is 24.0 Å². The van der Waals surface area contributed by atoms with E-state index >= 15 is 0 Å². The van der Waals surface area contributed by atoms with Crippen LogP contribution >= 0.6 is 24.0 Å². The Hall–Kier alpha value is -0.720. The van der Waals surface area contributed by atoms with E-state index in [4.69, 9.17) is 0 Å². The minimum atomic E-state index is 0. The Morgan fingerprint density at radius 2 is 2.00 bits per heavy atom. The molecular weight excluding hydrogens is 363 g/mol. The third-order valence-corrected chi connectivity index (χ3v) is 3.86. The summed E-state index contributed by atoms with van der Waals surface area (Å²) in [5.74, 6) is 2.52. The van der Waals surface area contributed by atoms with Gasteiger partial charge in [0.25, 0.3) is 0 Å². The van der Waals surface area contributed by atoms with Crippen molar-refractivity contribution < 1.29 is 0 Å². The van der Waals surface area contributed by atoms with Gasteiger partial charge in [0, 0.05) is 39.1 Å². The first-order valence-electron chi connectivity index (χ1n) is 7.16. The molecule has 5 heteroatoms. The first kappa shape index (κ1) is 17.3. The first-order valence-corrected chi connectivity index (χ1v) is 7.16. The van der Waals surface area contributed by atoms with Gasteiger partial charge in [-0.25, -0.2) is 0 Å². The maximum Gasteiger partial charge on any atom is 0.193 e. The van der Waals surface area contributed by atoms with Crippen LogP contribution in [0.2, 0.25) is 0 Å². The SMILES string of the molecule is CN=C(NCc1cccn1C)N1CC(C)CC(C)C1.I. The topological polar surface area (TPSA) is 32.6 Å². The second-order valence-electron chi connectivity index (χ2n) is 5.86. The number of guanidine groups is 1. The van der Waals surface area contributed by atoms with Crippen LogP contribution in [0.5, 0.6) is 0 Å². The molecule has 0 radical (unpaired) electrons. The number of halogens is 1. The fraction of sp³-hybridized carbons (Fsp3) is 0.667. The Bertz CT molecular complexity index is 431. The molecule has 0 aliphatic carbocycles. The molecule has 20 heavy (non-hydrogen) atoms. The van der Waals surface area contributed by atoms with Crippen molar-refractivity contribution >= 4 is 29.9 Å². The lowest BCUT2D eigenvalue weighted by atomic mass is 9.92. The van der Waals surface area contributed by atoms with Crippen LogP contribution in [-0.4, -0.2) is 35.6 Å². The van der Waals surface area contributed by atoms with Crippen molar-refractivity contribution in [3.63, 3.8) is 0 Å². The number of nitrogens with zero attached hydrogens (tertiary/aromatic N) is 3. The zero-order valence-corrected chi connectivity index (χ0v) is 15.3. The molecule has 0 spiro atoms. The third-order valence-electron chi connectivity index (χ3n) is 3.86. The van der Waals surface area contributed by atoms with Crippen molar-refractivity contribution in [3.8, 4) is 0 Å². The molecule has 2 unspecified atom stereocenters. The second-order valence-corrected chi connectivity index (χ2v) is 5.86. The second kappa shape index (κ2) is 7.90. The number of aliphatic imine (C=N–C) groups is 1. The molecule has 2 rings (SSSR count). The van der Waals surface area contributed by atoms with E-state index in [1.54, 1.807) is 0 Å². The van der Waals surface area contributed by atoms with Gasteiger partial charge in [0.1, 0.15) is 0 Å². The van der Waals surface area contributed by atoms with Crippen molar-refractivity contribution in [1.29, 1.82) is 0 Å². The van der Waals surface area contributed by atoms with Crippen LogP contribution in [0.4, 0.5) is 0 Å². The quantitative estimate of drug-likeness (QED) is 0.479. The fourth-order valence-electron chi connectivity index (χ4n) is 3.02.